The molecule has 2 rings (SSSR count). The Hall–Kier alpha value is -1.76. The lowest BCUT2D eigenvalue weighted by atomic mass is 10.2. The third kappa shape index (κ3) is 6.48. The van der Waals surface area contributed by atoms with Gasteiger partial charge in [0.2, 0.25) is 5.91 Å². The third-order valence-corrected chi connectivity index (χ3v) is 3.77. The van der Waals surface area contributed by atoms with Gasteiger partial charge in [0.1, 0.15) is 12.4 Å². The van der Waals surface area contributed by atoms with E-state index in [1.165, 1.54) is 4.90 Å². The van der Waals surface area contributed by atoms with Crippen LogP contribution in [-0.2, 0) is 4.79 Å². The highest BCUT2D eigenvalue weighted by atomic mass is 19.4. The Kier molecular flexibility index (Phi) is 6.27. The number of halogens is 3. The molecule has 0 unspecified atom stereocenters. The lowest BCUT2D eigenvalue weighted by Crippen LogP contribution is -2.49. The molecule has 0 atom stereocenters. The highest BCUT2D eigenvalue weighted by Crippen LogP contribution is 2.22. The molecular formula is C16H21F3N2O2. The van der Waals surface area contributed by atoms with E-state index < -0.39 is 24.9 Å². The van der Waals surface area contributed by atoms with Crippen LogP contribution < -0.4 is 4.74 Å². The molecule has 1 heterocycles. The van der Waals surface area contributed by atoms with Crippen molar-refractivity contribution in [1.29, 1.82) is 0 Å². The SMILES string of the molecule is O=C(CCC(F)(F)F)N1CCN(CCOc2ccccc2)CC1. The maximum Gasteiger partial charge on any atom is 0.389 e. The van der Waals surface area contributed by atoms with Gasteiger partial charge in [-0.05, 0) is 12.1 Å². The fraction of sp³-hybridized carbons (Fsp3) is 0.562. The van der Waals surface area contributed by atoms with Crippen molar-refractivity contribution < 1.29 is 22.7 Å². The molecule has 1 fully saturated rings. The van der Waals surface area contributed by atoms with E-state index in [1.807, 2.05) is 30.3 Å². The Morgan fingerprint density at radius 3 is 2.35 bits per heavy atom. The van der Waals surface area contributed by atoms with Crippen LogP contribution in [0.2, 0.25) is 0 Å². The average molecular weight is 330 g/mol. The number of piperazine rings is 1. The Bertz CT molecular complexity index is 486. The molecule has 0 radical (unpaired) electrons. The first-order chi connectivity index (χ1) is 10.9. The van der Waals surface area contributed by atoms with E-state index in [9.17, 15) is 18.0 Å². The van der Waals surface area contributed by atoms with E-state index >= 15 is 0 Å². The van der Waals surface area contributed by atoms with Gasteiger partial charge in [-0.2, -0.15) is 13.2 Å². The van der Waals surface area contributed by atoms with Crippen molar-refractivity contribution in [3.63, 3.8) is 0 Å². The zero-order valence-corrected chi connectivity index (χ0v) is 12.9. The van der Waals surface area contributed by atoms with Gasteiger partial charge in [-0.3, -0.25) is 9.69 Å². The normalized spacial score (nSPS) is 16.4. The summed E-state index contributed by atoms with van der Waals surface area (Å²) in [6, 6.07) is 9.50. The lowest BCUT2D eigenvalue weighted by Gasteiger charge is -2.34. The van der Waals surface area contributed by atoms with Crippen LogP contribution in [0.25, 0.3) is 0 Å². The first-order valence-corrected chi connectivity index (χ1v) is 7.69. The second-order valence-corrected chi connectivity index (χ2v) is 5.50. The Morgan fingerprint density at radius 1 is 1.09 bits per heavy atom. The zero-order chi connectivity index (χ0) is 16.7. The van der Waals surface area contributed by atoms with E-state index in [-0.39, 0.29) is 0 Å². The summed E-state index contributed by atoms with van der Waals surface area (Å²) < 4.78 is 42.0. The van der Waals surface area contributed by atoms with Crippen molar-refractivity contribution in [2.45, 2.75) is 19.0 Å². The lowest BCUT2D eigenvalue weighted by molar-refractivity contribution is -0.150. The second-order valence-electron chi connectivity index (χ2n) is 5.50. The number of amides is 1. The summed E-state index contributed by atoms with van der Waals surface area (Å²) in [5.41, 5.74) is 0. The molecule has 7 heteroatoms. The van der Waals surface area contributed by atoms with Gasteiger partial charge in [-0.15, -0.1) is 0 Å². The van der Waals surface area contributed by atoms with Gasteiger partial charge in [0.05, 0.1) is 6.42 Å². The molecule has 1 aromatic rings. The molecule has 0 saturated carbocycles. The minimum atomic E-state index is -4.27. The second kappa shape index (κ2) is 8.19. The number of carbonyl (C=O) groups is 1. The predicted octanol–water partition coefficient (Wildman–Crippen LogP) is 2.55. The first kappa shape index (κ1) is 17.6. The van der Waals surface area contributed by atoms with Crippen molar-refractivity contribution >= 4 is 5.91 Å². The van der Waals surface area contributed by atoms with Crippen LogP contribution in [0, 0.1) is 0 Å². The summed E-state index contributed by atoms with van der Waals surface area (Å²) in [5.74, 6) is 0.399. The molecule has 0 bridgehead atoms. The summed E-state index contributed by atoms with van der Waals surface area (Å²) in [7, 11) is 0. The quantitative estimate of drug-likeness (QED) is 0.804. The van der Waals surface area contributed by atoms with Crippen molar-refractivity contribution in [3.8, 4) is 5.75 Å². The molecular weight excluding hydrogens is 309 g/mol. The number of benzene rings is 1. The van der Waals surface area contributed by atoms with Gasteiger partial charge in [-0.1, -0.05) is 18.2 Å². The number of alkyl halides is 3. The van der Waals surface area contributed by atoms with Gasteiger partial charge >= 0.3 is 6.18 Å². The summed E-state index contributed by atoms with van der Waals surface area (Å²) >= 11 is 0. The molecule has 23 heavy (non-hydrogen) atoms. The Labute approximate surface area is 133 Å². The highest BCUT2D eigenvalue weighted by Gasteiger charge is 2.30. The molecule has 1 amide bonds. The molecule has 1 aliphatic heterocycles. The number of hydrogen-bond donors (Lipinski definition) is 0. The predicted molar refractivity (Wildman–Crippen MR) is 80.2 cm³/mol. The maximum absolute atomic E-state index is 12.1. The van der Waals surface area contributed by atoms with Crippen LogP contribution in [0.3, 0.4) is 0 Å². The first-order valence-electron chi connectivity index (χ1n) is 7.69. The van der Waals surface area contributed by atoms with Gasteiger partial charge in [0.15, 0.2) is 0 Å². The molecule has 0 aromatic heterocycles. The van der Waals surface area contributed by atoms with E-state index in [2.05, 4.69) is 4.90 Å². The molecule has 4 nitrogen and oxygen atoms in total. The standard InChI is InChI=1S/C16H21F3N2O2/c17-16(18,19)7-6-15(22)21-10-8-20(9-11-21)12-13-23-14-4-2-1-3-5-14/h1-5H,6-13H2. The van der Waals surface area contributed by atoms with Gasteiger partial charge in [0, 0.05) is 39.1 Å². The summed E-state index contributed by atoms with van der Waals surface area (Å²) in [6.07, 6.45) is -5.77. The van der Waals surface area contributed by atoms with Crippen LogP contribution in [0.1, 0.15) is 12.8 Å². The molecule has 128 valence electrons. The van der Waals surface area contributed by atoms with Gasteiger partial charge < -0.3 is 9.64 Å². The van der Waals surface area contributed by atoms with Crippen LogP contribution in [-0.4, -0.2) is 61.2 Å². The Balaban J connectivity index is 1.63. The Morgan fingerprint density at radius 2 is 1.74 bits per heavy atom. The van der Waals surface area contributed by atoms with Gasteiger partial charge in [0.25, 0.3) is 0 Å². The monoisotopic (exact) mass is 330 g/mol. The molecule has 1 aromatic carbocycles. The minimum absolute atomic E-state index is 0.414. The summed E-state index contributed by atoms with van der Waals surface area (Å²) in [5, 5.41) is 0. The molecule has 1 saturated heterocycles. The average Bonchev–Trinajstić information content (AvgIpc) is 2.54. The number of hydrogen-bond acceptors (Lipinski definition) is 3. The van der Waals surface area contributed by atoms with Crippen LogP contribution in [0.15, 0.2) is 30.3 Å². The van der Waals surface area contributed by atoms with Crippen molar-refractivity contribution in [2.75, 3.05) is 39.3 Å². The smallest absolute Gasteiger partial charge is 0.389 e. The van der Waals surface area contributed by atoms with Crippen molar-refractivity contribution in [2.24, 2.45) is 0 Å². The minimum Gasteiger partial charge on any atom is -0.492 e. The molecule has 1 aliphatic rings. The fourth-order valence-corrected chi connectivity index (χ4v) is 2.44. The highest BCUT2D eigenvalue weighted by molar-refractivity contribution is 5.76. The number of rotatable bonds is 6. The van der Waals surface area contributed by atoms with Crippen LogP contribution >= 0.6 is 0 Å². The third-order valence-electron chi connectivity index (χ3n) is 3.77. The fourth-order valence-electron chi connectivity index (χ4n) is 2.44. The molecule has 0 aliphatic carbocycles. The number of nitrogens with zero attached hydrogens (tertiary/aromatic N) is 2. The number of ether oxygens (including phenoxy) is 1. The van der Waals surface area contributed by atoms with E-state index in [0.29, 0.717) is 32.8 Å². The van der Waals surface area contributed by atoms with Gasteiger partial charge in [-0.25, -0.2) is 0 Å². The van der Waals surface area contributed by atoms with E-state index in [1.54, 1.807) is 0 Å². The topological polar surface area (TPSA) is 32.8 Å². The molecule has 0 N–H and O–H groups in total. The summed E-state index contributed by atoms with van der Waals surface area (Å²) in [4.78, 5) is 15.4. The van der Waals surface area contributed by atoms with Crippen molar-refractivity contribution in [3.05, 3.63) is 30.3 Å². The number of carbonyl (C=O) groups excluding carboxylic acids is 1. The van der Waals surface area contributed by atoms with Crippen LogP contribution in [0.5, 0.6) is 5.75 Å². The molecule has 0 spiro atoms. The van der Waals surface area contributed by atoms with E-state index in [4.69, 9.17) is 4.74 Å². The number of para-hydroxylation sites is 1. The van der Waals surface area contributed by atoms with Crippen LogP contribution in [0.4, 0.5) is 13.2 Å². The largest absolute Gasteiger partial charge is 0.492 e. The zero-order valence-electron chi connectivity index (χ0n) is 12.9. The summed E-state index contributed by atoms with van der Waals surface area (Å²) in [6.45, 7) is 3.56. The maximum atomic E-state index is 12.1. The van der Waals surface area contributed by atoms with Crippen molar-refractivity contribution in [1.82, 2.24) is 9.80 Å². The van der Waals surface area contributed by atoms with E-state index in [0.717, 1.165) is 12.3 Å².